The molecule has 28 heavy (non-hydrogen) atoms. The number of rotatable bonds is 7. The van der Waals surface area contributed by atoms with E-state index in [4.69, 9.17) is 4.74 Å². The summed E-state index contributed by atoms with van der Waals surface area (Å²) >= 11 is 0. The Hall–Kier alpha value is -3.66. The maximum absolute atomic E-state index is 12.1. The van der Waals surface area contributed by atoms with Gasteiger partial charge in [0.25, 0.3) is 0 Å². The summed E-state index contributed by atoms with van der Waals surface area (Å²) in [6.45, 7) is 0. The van der Waals surface area contributed by atoms with E-state index in [9.17, 15) is 14.7 Å². The summed E-state index contributed by atoms with van der Waals surface area (Å²) in [7, 11) is 1.62. The number of fused-ring (bicyclic) bond motifs is 1. The van der Waals surface area contributed by atoms with Crippen molar-refractivity contribution in [2.24, 2.45) is 0 Å². The molecule has 0 unspecified atom stereocenters. The Morgan fingerprint density at radius 1 is 0.857 bits per heavy atom. The first-order valence-electron chi connectivity index (χ1n) is 8.83. The van der Waals surface area contributed by atoms with Crippen LogP contribution in [-0.2, 0) is 9.59 Å². The molecule has 0 fully saturated rings. The molecule has 0 saturated heterocycles. The van der Waals surface area contributed by atoms with E-state index in [1.54, 1.807) is 31.4 Å². The van der Waals surface area contributed by atoms with Gasteiger partial charge in [-0.3, -0.25) is 9.59 Å². The molecule has 0 aliphatic rings. The van der Waals surface area contributed by atoms with Gasteiger partial charge >= 0.3 is 0 Å². The Morgan fingerprint density at radius 3 is 2.18 bits per heavy atom. The van der Waals surface area contributed by atoms with Crippen LogP contribution in [0, 0.1) is 0 Å². The highest BCUT2D eigenvalue weighted by Gasteiger charge is 2.06. The standard InChI is InChI=1S/C24H20O4/c1-28-24-15-10-18(22-4-2-3-5-23(22)24)9-14-21(27)16-20(26)13-8-17-6-11-19(25)12-7-17/h2-15,25H,16H2,1H3/b13-8+,14-9+. The highest BCUT2D eigenvalue weighted by atomic mass is 16.5. The van der Waals surface area contributed by atoms with Crippen molar-refractivity contribution in [2.75, 3.05) is 7.11 Å². The van der Waals surface area contributed by atoms with Crippen molar-refractivity contribution >= 4 is 34.5 Å². The van der Waals surface area contributed by atoms with Gasteiger partial charge in [0.1, 0.15) is 11.5 Å². The number of methoxy groups -OCH3 is 1. The molecule has 1 N–H and O–H groups in total. The summed E-state index contributed by atoms with van der Waals surface area (Å²) in [6.07, 6.45) is 5.96. The van der Waals surface area contributed by atoms with Gasteiger partial charge < -0.3 is 9.84 Å². The van der Waals surface area contributed by atoms with Crippen LogP contribution in [0.3, 0.4) is 0 Å². The summed E-state index contributed by atoms with van der Waals surface area (Å²) in [5, 5.41) is 11.2. The fraction of sp³-hybridized carbons (Fsp3) is 0.0833. The van der Waals surface area contributed by atoms with Crippen LogP contribution in [-0.4, -0.2) is 23.8 Å². The number of ether oxygens (including phenoxy) is 1. The van der Waals surface area contributed by atoms with Crippen LogP contribution in [0.25, 0.3) is 22.9 Å². The third kappa shape index (κ3) is 4.74. The van der Waals surface area contributed by atoms with Crippen molar-refractivity contribution in [1.29, 1.82) is 0 Å². The second-order valence-corrected chi connectivity index (χ2v) is 6.27. The van der Waals surface area contributed by atoms with Gasteiger partial charge in [0.15, 0.2) is 11.6 Å². The number of hydrogen-bond donors (Lipinski definition) is 1. The number of carbonyl (C=O) groups excluding carboxylic acids is 2. The number of benzene rings is 3. The topological polar surface area (TPSA) is 63.6 Å². The van der Waals surface area contributed by atoms with Crippen LogP contribution in [0.2, 0.25) is 0 Å². The van der Waals surface area contributed by atoms with Crippen LogP contribution in [0.1, 0.15) is 17.5 Å². The molecule has 0 aliphatic carbocycles. The van der Waals surface area contributed by atoms with Crippen LogP contribution in [0.15, 0.2) is 72.8 Å². The summed E-state index contributed by atoms with van der Waals surface area (Å²) in [4.78, 5) is 24.1. The lowest BCUT2D eigenvalue weighted by Crippen LogP contribution is -2.01. The molecular formula is C24H20O4. The van der Waals surface area contributed by atoms with Gasteiger partial charge in [-0.25, -0.2) is 0 Å². The number of carbonyl (C=O) groups is 2. The first kappa shape index (κ1) is 19.1. The Bertz CT molecular complexity index is 1060. The number of ketones is 2. The van der Waals surface area contributed by atoms with Gasteiger partial charge in [-0.15, -0.1) is 0 Å². The SMILES string of the molecule is COc1ccc(/C=C/C(=O)CC(=O)/C=C/c2ccc(O)cc2)c2ccccc12. The number of hydrogen-bond acceptors (Lipinski definition) is 4. The highest BCUT2D eigenvalue weighted by Crippen LogP contribution is 2.29. The minimum absolute atomic E-state index is 0.162. The molecule has 3 rings (SSSR count). The molecule has 0 aromatic heterocycles. The Kier molecular flexibility index (Phi) is 6.02. The lowest BCUT2D eigenvalue weighted by molar-refractivity contribution is -0.121. The smallest absolute Gasteiger partial charge is 0.163 e. The predicted octanol–water partition coefficient (Wildman–Crippen LogP) is 4.81. The molecule has 0 amide bonds. The molecule has 0 radical (unpaired) electrons. The third-order valence-corrected chi connectivity index (χ3v) is 4.29. The summed E-state index contributed by atoms with van der Waals surface area (Å²) < 4.78 is 5.37. The zero-order chi connectivity index (χ0) is 19.9. The van der Waals surface area contributed by atoms with Crippen molar-refractivity contribution in [1.82, 2.24) is 0 Å². The molecule has 3 aromatic rings. The van der Waals surface area contributed by atoms with E-state index < -0.39 is 0 Å². The third-order valence-electron chi connectivity index (χ3n) is 4.29. The minimum Gasteiger partial charge on any atom is -0.508 e. The van der Waals surface area contributed by atoms with E-state index >= 15 is 0 Å². The largest absolute Gasteiger partial charge is 0.508 e. The maximum atomic E-state index is 12.1. The molecule has 4 nitrogen and oxygen atoms in total. The van der Waals surface area contributed by atoms with Gasteiger partial charge in [0, 0.05) is 5.39 Å². The Morgan fingerprint density at radius 2 is 1.50 bits per heavy atom. The summed E-state index contributed by atoms with van der Waals surface area (Å²) in [5.41, 5.74) is 1.66. The molecule has 0 aliphatic heterocycles. The predicted molar refractivity (Wildman–Crippen MR) is 111 cm³/mol. The molecule has 3 aromatic carbocycles. The number of aromatic hydroxyl groups is 1. The summed E-state index contributed by atoms with van der Waals surface area (Å²) in [5.74, 6) is 0.394. The molecule has 0 bridgehead atoms. The fourth-order valence-corrected chi connectivity index (χ4v) is 2.86. The van der Waals surface area contributed by atoms with Gasteiger partial charge in [-0.2, -0.15) is 0 Å². The molecule has 140 valence electrons. The Labute approximate surface area is 163 Å². The minimum atomic E-state index is -0.276. The van der Waals surface area contributed by atoms with Crippen molar-refractivity contribution in [2.45, 2.75) is 6.42 Å². The van der Waals surface area contributed by atoms with Gasteiger partial charge in [-0.05, 0) is 46.9 Å². The molecule has 4 heteroatoms. The zero-order valence-electron chi connectivity index (χ0n) is 15.5. The average molecular weight is 372 g/mol. The van der Waals surface area contributed by atoms with E-state index in [0.29, 0.717) is 0 Å². The Balaban J connectivity index is 1.68. The number of allylic oxidation sites excluding steroid dienone is 2. The second kappa shape index (κ2) is 8.82. The van der Waals surface area contributed by atoms with Crippen LogP contribution in [0.5, 0.6) is 11.5 Å². The van der Waals surface area contributed by atoms with Crippen molar-refractivity contribution in [3.63, 3.8) is 0 Å². The lowest BCUT2D eigenvalue weighted by Gasteiger charge is -2.07. The monoisotopic (exact) mass is 372 g/mol. The number of phenolic OH excluding ortho intramolecular Hbond substituents is 1. The summed E-state index contributed by atoms with van der Waals surface area (Å²) in [6, 6.07) is 18.0. The highest BCUT2D eigenvalue weighted by molar-refractivity contribution is 6.11. The normalized spacial score (nSPS) is 11.3. The van der Waals surface area contributed by atoms with Crippen LogP contribution >= 0.6 is 0 Å². The first-order valence-corrected chi connectivity index (χ1v) is 8.83. The van der Waals surface area contributed by atoms with E-state index in [1.807, 2.05) is 36.4 Å². The lowest BCUT2D eigenvalue weighted by atomic mass is 10.0. The van der Waals surface area contributed by atoms with Crippen molar-refractivity contribution in [3.8, 4) is 11.5 Å². The first-order chi connectivity index (χ1) is 13.6. The zero-order valence-corrected chi connectivity index (χ0v) is 15.5. The molecule has 0 heterocycles. The van der Waals surface area contributed by atoms with E-state index in [0.717, 1.165) is 27.6 Å². The van der Waals surface area contributed by atoms with E-state index in [-0.39, 0.29) is 23.7 Å². The molecular weight excluding hydrogens is 352 g/mol. The van der Waals surface area contributed by atoms with E-state index in [2.05, 4.69) is 0 Å². The molecule has 0 saturated carbocycles. The van der Waals surface area contributed by atoms with Crippen molar-refractivity contribution in [3.05, 3.63) is 83.9 Å². The van der Waals surface area contributed by atoms with Gasteiger partial charge in [-0.1, -0.05) is 54.6 Å². The van der Waals surface area contributed by atoms with Gasteiger partial charge in [0.05, 0.1) is 13.5 Å². The quantitative estimate of drug-likeness (QED) is 0.478. The molecule has 0 spiro atoms. The molecule has 0 atom stereocenters. The fourth-order valence-electron chi connectivity index (χ4n) is 2.86. The second-order valence-electron chi connectivity index (χ2n) is 6.27. The average Bonchev–Trinajstić information content (AvgIpc) is 2.71. The van der Waals surface area contributed by atoms with Crippen LogP contribution < -0.4 is 4.74 Å². The van der Waals surface area contributed by atoms with Crippen molar-refractivity contribution < 1.29 is 19.4 Å². The van der Waals surface area contributed by atoms with Gasteiger partial charge in [0.2, 0.25) is 0 Å². The van der Waals surface area contributed by atoms with Crippen LogP contribution in [0.4, 0.5) is 0 Å². The number of phenols is 1. The van der Waals surface area contributed by atoms with E-state index in [1.165, 1.54) is 24.3 Å². The maximum Gasteiger partial charge on any atom is 0.163 e.